The fourth-order valence-corrected chi connectivity index (χ4v) is 1.64. The molecule has 1 amide bonds. The molecule has 0 aliphatic carbocycles. The van der Waals surface area contributed by atoms with Gasteiger partial charge < -0.3 is 9.26 Å². The van der Waals surface area contributed by atoms with Crippen LogP contribution in [-0.2, 0) is 0 Å². The van der Waals surface area contributed by atoms with Gasteiger partial charge in [-0.05, 0) is 37.6 Å². The van der Waals surface area contributed by atoms with Gasteiger partial charge in [-0.2, -0.15) is 0 Å². The average molecular weight is 274 g/mol. The van der Waals surface area contributed by atoms with E-state index in [0.29, 0.717) is 18.1 Å². The molecule has 1 heterocycles. The number of rotatable bonds is 6. The molecule has 0 spiro atoms. The van der Waals surface area contributed by atoms with Gasteiger partial charge >= 0.3 is 0 Å². The Morgan fingerprint density at radius 3 is 2.70 bits per heavy atom. The van der Waals surface area contributed by atoms with E-state index >= 15 is 0 Å². The second-order valence-electron chi connectivity index (χ2n) is 4.51. The van der Waals surface area contributed by atoms with Crippen molar-refractivity contribution in [1.29, 1.82) is 0 Å². The van der Waals surface area contributed by atoms with E-state index in [4.69, 9.17) is 9.26 Å². The molecule has 0 fully saturated rings. The van der Waals surface area contributed by atoms with Gasteiger partial charge in [0.05, 0.1) is 12.3 Å². The Kier molecular flexibility index (Phi) is 4.76. The zero-order valence-electron chi connectivity index (χ0n) is 11.7. The van der Waals surface area contributed by atoms with Crippen molar-refractivity contribution in [3.05, 3.63) is 41.6 Å². The molecule has 5 heteroatoms. The Morgan fingerprint density at radius 1 is 1.35 bits per heavy atom. The molecule has 20 heavy (non-hydrogen) atoms. The molecule has 106 valence electrons. The summed E-state index contributed by atoms with van der Waals surface area (Å²) < 4.78 is 10.5. The van der Waals surface area contributed by atoms with Crippen molar-refractivity contribution < 1.29 is 14.1 Å². The molecule has 5 nitrogen and oxygen atoms in total. The van der Waals surface area contributed by atoms with Crippen LogP contribution in [0.15, 0.2) is 34.9 Å². The normalized spacial score (nSPS) is 10.3. The SMILES string of the molecule is CCCCOc1ccc(C(=O)Nc2cc(C)no2)cc1. The number of amides is 1. The minimum absolute atomic E-state index is 0.235. The van der Waals surface area contributed by atoms with E-state index in [2.05, 4.69) is 17.4 Å². The third kappa shape index (κ3) is 3.85. The Morgan fingerprint density at radius 2 is 2.10 bits per heavy atom. The highest BCUT2D eigenvalue weighted by Crippen LogP contribution is 2.15. The smallest absolute Gasteiger partial charge is 0.258 e. The molecule has 0 aliphatic heterocycles. The predicted octanol–water partition coefficient (Wildman–Crippen LogP) is 3.41. The van der Waals surface area contributed by atoms with E-state index in [-0.39, 0.29) is 5.91 Å². The highest BCUT2D eigenvalue weighted by atomic mass is 16.5. The monoisotopic (exact) mass is 274 g/mol. The summed E-state index contributed by atoms with van der Waals surface area (Å²) in [7, 11) is 0. The molecular formula is C15H18N2O3. The van der Waals surface area contributed by atoms with E-state index in [1.165, 1.54) is 0 Å². The van der Waals surface area contributed by atoms with Crippen molar-refractivity contribution >= 4 is 11.8 Å². The number of nitrogens with one attached hydrogen (secondary N) is 1. The second-order valence-corrected chi connectivity index (χ2v) is 4.51. The zero-order chi connectivity index (χ0) is 14.4. The Labute approximate surface area is 117 Å². The molecular weight excluding hydrogens is 256 g/mol. The summed E-state index contributed by atoms with van der Waals surface area (Å²) in [6.45, 7) is 4.60. The van der Waals surface area contributed by atoms with Crippen LogP contribution in [0.25, 0.3) is 0 Å². The molecule has 0 radical (unpaired) electrons. The molecule has 0 atom stereocenters. The van der Waals surface area contributed by atoms with Crippen LogP contribution < -0.4 is 10.1 Å². The van der Waals surface area contributed by atoms with Crippen LogP contribution in [0.3, 0.4) is 0 Å². The number of aromatic nitrogens is 1. The maximum Gasteiger partial charge on any atom is 0.258 e. The number of anilines is 1. The number of carbonyl (C=O) groups excluding carboxylic acids is 1. The van der Waals surface area contributed by atoms with Gasteiger partial charge in [-0.1, -0.05) is 18.5 Å². The highest BCUT2D eigenvalue weighted by Gasteiger charge is 2.09. The quantitative estimate of drug-likeness (QED) is 0.820. The lowest BCUT2D eigenvalue weighted by molar-refractivity contribution is 0.102. The molecule has 1 N–H and O–H groups in total. The summed E-state index contributed by atoms with van der Waals surface area (Å²) in [6, 6.07) is 8.69. The molecule has 2 aromatic rings. The van der Waals surface area contributed by atoms with E-state index < -0.39 is 0 Å². The second kappa shape index (κ2) is 6.75. The minimum Gasteiger partial charge on any atom is -0.494 e. The topological polar surface area (TPSA) is 64.4 Å². The summed E-state index contributed by atoms with van der Waals surface area (Å²) in [5.41, 5.74) is 1.27. The maximum atomic E-state index is 12.0. The third-order valence-corrected chi connectivity index (χ3v) is 2.75. The van der Waals surface area contributed by atoms with Crippen molar-refractivity contribution in [3.63, 3.8) is 0 Å². The van der Waals surface area contributed by atoms with Crippen LogP contribution in [-0.4, -0.2) is 17.7 Å². The largest absolute Gasteiger partial charge is 0.494 e. The molecule has 1 aromatic carbocycles. The number of unbranched alkanes of at least 4 members (excludes halogenated alkanes) is 1. The molecule has 0 saturated carbocycles. The standard InChI is InChI=1S/C15H18N2O3/c1-3-4-9-19-13-7-5-12(6-8-13)15(18)16-14-10-11(2)17-20-14/h5-8,10H,3-4,9H2,1-2H3,(H,16,18). The van der Waals surface area contributed by atoms with Crippen LogP contribution in [0.4, 0.5) is 5.88 Å². The summed E-state index contributed by atoms with van der Waals surface area (Å²) in [6.07, 6.45) is 2.12. The van der Waals surface area contributed by atoms with Gasteiger partial charge in [0.1, 0.15) is 5.75 Å². The Bertz CT molecular complexity index is 561. The van der Waals surface area contributed by atoms with E-state index in [9.17, 15) is 4.79 Å². The first kappa shape index (κ1) is 14.1. The maximum absolute atomic E-state index is 12.0. The zero-order valence-corrected chi connectivity index (χ0v) is 11.7. The van der Waals surface area contributed by atoms with Crippen molar-refractivity contribution in [2.45, 2.75) is 26.7 Å². The average Bonchev–Trinajstić information content (AvgIpc) is 2.85. The lowest BCUT2D eigenvalue weighted by atomic mass is 10.2. The first-order valence-electron chi connectivity index (χ1n) is 6.66. The van der Waals surface area contributed by atoms with Gasteiger partial charge in [-0.3, -0.25) is 10.1 Å². The number of aryl methyl sites for hydroxylation is 1. The van der Waals surface area contributed by atoms with Gasteiger partial charge in [0.25, 0.3) is 5.91 Å². The highest BCUT2D eigenvalue weighted by molar-refractivity contribution is 6.03. The summed E-state index contributed by atoms with van der Waals surface area (Å²) >= 11 is 0. The summed E-state index contributed by atoms with van der Waals surface area (Å²) in [4.78, 5) is 12.0. The van der Waals surface area contributed by atoms with Crippen LogP contribution >= 0.6 is 0 Å². The number of carbonyl (C=O) groups is 1. The molecule has 2 rings (SSSR count). The summed E-state index contributed by atoms with van der Waals surface area (Å²) in [5.74, 6) is 0.877. The van der Waals surface area contributed by atoms with Crippen LogP contribution in [0, 0.1) is 6.92 Å². The number of benzene rings is 1. The van der Waals surface area contributed by atoms with E-state index in [1.807, 2.05) is 0 Å². The summed E-state index contributed by atoms with van der Waals surface area (Å²) in [5, 5.41) is 6.35. The number of ether oxygens (including phenoxy) is 1. The van der Waals surface area contributed by atoms with Gasteiger partial charge in [-0.25, -0.2) is 0 Å². The van der Waals surface area contributed by atoms with Crippen molar-refractivity contribution in [2.24, 2.45) is 0 Å². The number of hydrogen-bond acceptors (Lipinski definition) is 4. The van der Waals surface area contributed by atoms with Crippen molar-refractivity contribution in [2.75, 3.05) is 11.9 Å². The van der Waals surface area contributed by atoms with Crippen LogP contribution in [0.2, 0.25) is 0 Å². The first-order chi connectivity index (χ1) is 9.69. The fraction of sp³-hybridized carbons (Fsp3) is 0.333. The van der Waals surface area contributed by atoms with Gasteiger partial charge in [0.15, 0.2) is 0 Å². The Balaban J connectivity index is 1.93. The van der Waals surface area contributed by atoms with Crippen LogP contribution in [0.5, 0.6) is 5.75 Å². The van der Waals surface area contributed by atoms with Gasteiger partial charge in [-0.15, -0.1) is 0 Å². The molecule has 0 bridgehead atoms. The molecule has 1 aromatic heterocycles. The number of hydrogen-bond donors (Lipinski definition) is 1. The lowest BCUT2D eigenvalue weighted by Crippen LogP contribution is -2.11. The van der Waals surface area contributed by atoms with E-state index in [1.54, 1.807) is 37.3 Å². The van der Waals surface area contributed by atoms with Gasteiger partial charge in [0.2, 0.25) is 5.88 Å². The molecule has 0 aliphatic rings. The van der Waals surface area contributed by atoms with Crippen LogP contribution in [0.1, 0.15) is 35.8 Å². The van der Waals surface area contributed by atoms with E-state index in [0.717, 1.165) is 24.3 Å². The molecule has 0 saturated heterocycles. The lowest BCUT2D eigenvalue weighted by Gasteiger charge is -2.06. The van der Waals surface area contributed by atoms with Crippen molar-refractivity contribution in [3.8, 4) is 5.75 Å². The molecule has 0 unspecified atom stereocenters. The van der Waals surface area contributed by atoms with Crippen molar-refractivity contribution in [1.82, 2.24) is 5.16 Å². The predicted molar refractivity (Wildman–Crippen MR) is 76.0 cm³/mol. The fourth-order valence-electron chi connectivity index (χ4n) is 1.64. The third-order valence-electron chi connectivity index (χ3n) is 2.75. The Hall–Kier alpha value is -2.30. The number of nitrogens with zero attached hydrogens (tertiary/aromatic N) is 1. The van der Waals surface area contributed by atoms with Gasteiger partial charge in [0, 0.05) is 11.6 Å². The minimum atomic E-state index is -0.235. The first-order valence-corrected chi connectivity index (χ1v) is 6.66.